The Bertz CT molecular complexity index is 726. The van der Waals surface area contributed by atoms with Crippen LogP contribution in [0.2, 0.25) is 0 Å². The maximum atomic E-state index is 12.1. The molecule has 120 valence electrons. The molecular formula is C17H18N2O4. The summed E-state index contributed by atoms with van der Waals surface area (Å²) in [5.41, 5.74) is 7.12. The number of carbonyl (C=O) groups is 2. The van der Waals surface area contributed by atoms with Gasteiger partial charge in [0.1, 0.15) is 0 Å². The number of rotatable bonds is 4. The number of benzene rings is 2. The number of hydrogen-bond donors (Lipinski definition) is 4. The van der Waals surface area contributed by atoms with Crippen LogP contribution in [0, 0.1) is 5.92 Å². The van der Waals surface area contributed by atoms with E-state index < -0.39 is 17.7 Å². The molecule has 2 amide bonds. The van der Waals surface area contributed by atoms with Crippen LogP contribution >= 0.6 is 0 Å². The third-order valence-corrected chi connectivity index (χ3v) is 3.44. The third-order valence-electron chi connectivity index (χ3n) is 3.44. The quantitative estimate of drug-likeness (QED) is 0.508. The zero-order valence-corrected chi connectivity index (χ0v) is 12.6. The Morgan fingerprint density at radius 3 is 2.35 bits per heavy atom. The highest BCUT2D eigenvalue weighted by Crippen LogP contribution is 2.26. The molecule has 0 bridgehead atoms. The Morgan fingerprint density at radius 2 is 1.74 bits per heavy atom. The van der Waals surface area contributed by atoms with Crippen LogP contribution < -0.4 is 11.1 Å². The summed E-state index contributed by atoms with van der Waals surface area (Å²) in [7, 11) is 0. The van der Waals surface area contributed by atoms with E-state index in [0.29, 0.717) is 23.2 Å². The summed E-state index contributed by atoms with van der Waals surface area (Å²) in [4.78, 5) is 24.1. The second-order valence-corrected chi connectivity index (χ2v) is 5.37. The molecule has 0 aliphatic heterocycles. The molecule has 0 saturated carbocycles. The first-order chi connectivity index (χ1) is 10.9. The van der Waals surface area contributed by atoms with Crippen molar-refractivity contribution in [3.05, 3.63) is 53.6 Å². The van der Waals surface area contributed by atoms with Gasteiger partial charge in [-0.1, -0.05) is 13.0 Å². The van der Waals surface area contributed by atoms with Crippen LogP contribution in [0.5, 0.6) is 11.5 Å². The standard InChI is InChI=1S/C17H18N2O4/c1-10(8-11-2-7-14(20)15(21)9-11)16(22)19-17(23)12-3-5-13(18)6-4-12/h2-7,9-10,20-21H,8,18H2,1H3,(H,19,22,23). The second-order valence-electron chi connectivity index (χ2n) is 5.37. The molecule has 2 aromatic carbocycles. The summed E-state index contributed by atoms with van der Waals surface area (Å²) in [6.07, 6.45) is 0.328. The molecule has 0 aliphatic rings. The number of phenols is 2. The molecular weight excluding hydrogens is 296 g/mol. The lowest BCUT2D eigenvalue weighted by atomic mass is 10.00. The number of phenolic OH excluding ortho intramolecular Hbond substituents is 2. The highest BCUT2D eigenvalue weighted by Gasteiger charge is 2.17. The highest BCUT2D eigenvalue weighted by molar-refractivity contribution is 6.05. The van der Waals surface area contributed by atoms with Gasteiger partial charge >= 0.3 is 0 Å². The lowest BCUT2D eigenvalue weighted by molar-refractivity contribution is -0.123. The topological polar surface area (TPSA) is 113 Å². The average Bonchev–Trinajstić information content (AvgIpc) is 2.51. The van der Waals surface area contributed by atoms with Gasteiger partial charge in [-0.05, 0) is 48.4 Å². The van der Waals surface area contributed by atoms with E-state index in [0.717, 1.165) is 0 Å². The molecule has 2 rings (SSSR count). The zero-order valence-electron chi connectivity index (χ0n) is 12.6. The number of anilines is 1. The molecule has 0 saturated heterocycles. The van der Waals surface area contributed by atoms with E-state index in [-0.39, 0.29) is 11.5 Å². The van der Waals surface area contributed by atoms with Crippen molar-refractivity contribution < 1.29 is 19.8 Å². The molecule has 0 heterocycles. The fourth-order valence-electron chi connectivity index (χ4n) is 2.08. The fraction of sp³-hybridized carbons (Fsp3) is 0.176. The number of amides is 2. The molecule has 6 heteroatoms. The van der Waals surface area contributed by atoms with Gasteiger partial charge in [0.25, 0.3) is 5.91 Å². The van der Waals surface area contributed by atoms with E-state index in [9.17, 15) is 19.8 Å². The Kier molecular flexibility index (Phi) is 4.85. The van der Waals surface area contributed by atoms with Gasteiger partial charge < -0.3 is 15.9 Å². The van der Waals surface area contributed by atoms with Crippen molar-refractivity contribution in [1.82, 2.24) is 5.32 Å². The monoisotopic (exact) mass is 314 g/mol. The smallest absolute Gasteiger partial charge is 0.257 e. The maximum Gasteiger partial charge on any atom is 0.257 e. The Balaban J connectivity index is 1.97. The molecule has 1 atom stereocenters. The number of carbonyl (C=O) groups excluding carboxylic acids is 2. The van der Waals surface area contributed by atoms with Gasteiger partial charge in [0.15, 0.2) is 11.5 Å². The molecule has 0 spiro atoms. The van der Waals surface area contributed by atoms with Gasteiger partial charge in [0, 0.05) is 17.2 Å². The Labute approximate surface area is 133 Å². The predicted octanol–water partition coefficient (Wildman–Crippen LogP) is 1.82. The molecule has 6 nitrogen and oxygen atoms in total. The fourth-order valence-corrected chi connectivity index (χ4v) is 2.08. The normalized spacial score (nSPS) is 11.7. The molecule has 0 aliphatic carbocycles. The molecule has 5 N–H and O–H groups in total. The predicted molar refractivity (Wildman–Crippen MR) is 86.0 cm³/mol. The van der Waals surface area contributed by atoms with Crippen molar-refractivity contribution in [2.45, 2.75) is 13.3 Å². The van der Waals surface area contributed by atoms with E-state index in [1.54, 1.807) is 37.3 Å². The first-order valence-electron chi connectivity index (χ1n) is 7.08. The van der Waals surface area contributed by atoms with Crippen LogP contribution in [0.25, 0.3) is 0 Å². The van der Waals surface area contributed by atoms with Crippen LogP contribution in [0.15, 0.2) is 42.5 Å². The highest BCUT2D eigenvalue weighted by atomic mass is 16.3. The lowest BCUT2D eigenvalue weighted by Gasteiger charge is -2.12. The first-order valence-corrected chi connectivity index (χ1v) is 7.08. The van der Waals surface area contributed by atoms with Crippen molar-refractivity contribution in [1.29, 1.82) is 0 Å². The van der Waals surface area contributed by atoms with Crippen molar-refractivity contribution in [2.24, 2.45) is 5.92 Å². The summed E-state index contributed by atoms with van der Waals surface area (Å²) in [5, 5.41) is 21.1. The Hall–Kier alpha value is -3.02. The molecule has 0 radical (unpaired) electrons. The van der Waals surface area contributed by atoms with E-state index in [4.69, 9.17) is 5.73 Å². The van der Waals surface area contributed by atoms with E-state index in [2.05, 4.69) is 5.32 Å². The van der Waals surface area contributed by atoms with E-state index in [1.807, 2.05) is 0 Å². The van der Waals surface area contributed by atoms with Crippen LogP contribution in [0.1, 0.15) is 22.8 Å². The third kappa shape index (κ3) is 4.23. The minimum Gasteiger partial charge on any atom is -0.504 e. The van der Waals surface area contributed by atoms with E-state index in [1.165, 1.54) is 12.1 Å². The van der Waals surface area contributed by atoms with Crippen molar-refractivity contribution >= 4 is 17.5 Å². The van der Waals surface area contributed by atoms with Crippen molar-refractivity contribution in [3.63, 3.8) is 0 Å². The molecule has 0 fully saturated rings. The molecule has 23 heavy (non-hydrogen) atoms. The van der Waals surface area contributed by atoms with E-state index >= 15 is 0 Å². The summed E-state index contributed by atoms with van der Waals surface area (Å²) in [5.74, 6) is -1.84. The SMILES string of the molecule is CC(Cc1ccc(O)c(O)c1)C(=O)NC(=O)c1ccc(N)cc1. The maximum absolute atomic E-state index is 12.1. The summed E-state index contributed by atoms with van der Waals surface area (Å²) < 4.78 is 0. The minimum absolute atomic E-state index is 0.218. The number of aromatic hydroxyl groups is 2. The summed E-state index contributed by atoms with van der Waals surface area (Å²) >= 11 is 0. The number of hydrogen-bond acceptors (Lipinski definition) is 5. The summed E-state index contributed by atoms with van der Waals surface area (Å²) in [6.45, 7) is 1.68. The number of imide groups is 1. The van der Waals surface area contributed by atoms with Gasteiger partial charge in [-0.25, -0.2) is 0 Å². The van der Waals surface area contributed by atoms with Crippen molar-refractivity contribution in [3.8, 4) is 11.5 Å². The van der Waals surface area contributed by atoms with Crippen LogP contribution in [0.3, 0.4) is 0 Å². The first kappa shape index (κ1) is 16.4. The van der Waals surface area contributed by atoms with Crippen LogP contribution in [0.4, 0.5) is 5.69 Å². The summed E-state index contributed by atoms with van der Waals surface area (Å²) in [6, 6.07) is 10.6. The number of nitrogens with one attached hydrogen (secondary N) is 1. The molecule has 1 unspecified atom stereocenters. The lowest BCUT2D eigenvalue weighted by Crippen LogP contribution is -2.35. The largest absolute Gasteiger partial charge is 0.504 e. The van der Waals surface area contributed by atoms with Gasteiger partial charge in [0.05, 0.1) is 0 Å². The second kappa shape index (κ2) is 6.83. The van der Waals surface area contributed by atoms with Crippen LogP contribution in [-0.4, -0.2) is 22.0 Å². The van der Waals surface area contributed by atoms with Gasteiger partial charge in [-0.15, -0.1) is 0 Å². The number of nitrogen functional groups attached to an aromatic ring is 1. The minimum atomic E-state index is -0.490. The van der Waals surface area contributed by atoms with Gasteiger partial charge in [-0.2, -0.15) is 0 Å². The molecule has 0 aromatic heterocycles. The molecule has 2 aromatic rings. The zero-order chi connectivity index (χ0) is 17.0. The number of nitrogens with two attached hydrogens (primary N) is 1. The average molecular weight is 314 g/mol. The van der Waals surface area contributed by atoms with Gasteiger partial charge in [-0.3, -0.25) is 14.9 Å². The van der Waals surface area contributed by atoms with Crippen LogP contribution in [-0.2, 0) is 11.2 Å². The van der Waals surface area contributed by atoms with Crippen molar-refractivity contribution in [2.75, 3.05) is 5.73 Å². The Morgan fingerprint density at radius 1 is 1.09 bits per heavy atom. The van der Waals surface area contributed by atoms with Gasteiger partial charge in [0.2, 0.25) is 5.91 Å².